The maximum atomic E-state index is 11.7. The van der Waals surface area contributed by atoms with Crippen LogP contribution < -0.4 is 0 Å². The van der Waals surface area contributed by atoms with E-state index in [0.29, 0.717) is 13.1 Å². The van der Waals surface area contributed by atoms with E-state index in [2.05, 4.69) is 9.47 Å². The minimum atomic E-state index is -0.871. The van der Waals surface area contributed by atoms with Gasteiger partial charge in [-0.1, -0.05) is 0 Å². The van der Waals surface area contributed by atoms with E-state index in [1.54, 1.807) is 4.90 Å². The first-order chi connectivity index (χ1) is 8.10. The summed E-state index contributed by atoms with van der Waals surface area (Å²) >= 11 is 0. The number of nitrogens with zero attached hydrogens (tertiary/aromatic N) is 1. The summed E-state index contributed by atoms with van der Waals surface area (Å²) in [5.74, 6) is -2.11. The summed E-state index contributed by atoms with van der Waals surface area (Å²) in [7, 11) is 2.28. The van der Waals surface area contributed by atoms with Crippen molar-refractivity contribution < 1.29 is 23.9 Å². The van der Waals surface area contributed by atoms with Crippen LogP contribution in [0.25, 0.3) is 0 Å². The first-order valence-electron chi connectivity index (χ1n) is 5.27. The molecule has 1 rings (SSSR count). The Morgan fingerprint density at radius 3 is 1.88 bits per heavy atom. The molecule has 1 fully saturated rings. The number of ether oxygens (including phenoxy) is 2. The fraction of sp³-hybridized carbons (Fsp3) is 0.545. The van der Waals surface area contributed by atoms with Gasteiger partial charge in [-0.05, 0) is 12.8 Å². The monoisotopic (exact) mass is 241 g/mol. The molecule has 1 amide bonds. The number of likely N-dealkylation sites (tertiary alicyclic amines) is 1. The summed E-state index contributed by atoms with van der Waals surface area (Å²) in [6.07, 6.45) is 2.85. The molecule has 0 bridgehead atoms. The first kappa shape index (κ1) is 13.2. The van der Waals surface area contributed by atoms with Gasteiger partial charge in [-0.15, -0.1) is 0 Å². The molecular formula is C11H15NO5. The highest BCUT2D eigenvalue weighted by Crippen LogP contribution is 2.10. The average Bonchev–Trinajstić information content (AvgIpc) is 2.87. The molecule has 1 saturated heterocycles. The molecule has 6 heteroatoms. The van der Waals surface area contributed by atoms with Crippen molar-refractivity contribution in [2.45, 2.75) is 12.8 Å². The molecule has 6 nitrogen and oxygen atoms in total. The molecule has 0 unspecified atom stereocenters. The lowest BCUT2D eigenvalue weighted by atomic mass is 10.2. The van der Waals surface area contributed by atoms with Crippen LogP contribution in [0.5, 0.6) is 0 Å². The third kappa shape index (κ3) is 3.30. The number of carbonyl (C=O) groups is 3. The normalized spacial score (nSPS) is 14.1. The molecule has 0 spiro atoms. The summed E-state index contributed by atoms with van der Waals surface area (Å²) < 4.78 is 8.84. The number of hydrogen-bond donors (Lipinski definition) is 0. The van der Waals surface area contributed by atoms with Crippen molar-refractivity contribution in [1.82, 2.24) is 4.90 Å². The Kier molecular flexibility index (Phi) is 4.68. The summed E-state index contributed by atoms with van der Waals surface area (Å²) in [6, 6.07) is 0. The molecule has 1 heterocycles. The van der Waals surface area contributed by atoms with Gasteiger partial charge in [0.2, 0.25) is 5.91 Å². The van der Waals surface area contributed by atoms with Crippen LogP contribution in [0.15, 0.2) is 11.6 Å². The third-order valence-electron chi connectivity index (χ3n) is 2.50. The standard InChI is InChI=1S/C11H15NO5/c1-16-10(14)8(11(15)17-2)7-9(13)12-5-3-4-6-12/h7H,3-6H2,1-2H3. The zero-order valence-corrected chi connectivity index (χ0v) is 9.89. The fourth-order valence-corrected chi connectivity index (χ4v) is 1.57. The second-order valence-electron chi connectivity index (χ2n) is 3.57. The Labute approximate surface area is 99.2 Å². The van der Waals surface area contributed by atoms with Gasteiger partial charge >= 0.3 is 11.9 Å². The van der Waals surface area contributed by atoms with Crippen molar-refractivity contribution >= 4 is 17.8 Å². The molecule has 94 valence electrons. The van der Waals surface area contributed by atoms with Crippen molar-refractivity contribution in [1.29, 1.82) is 0 Å². The molecular weight excluding hydrogens is 226 g/mol. The Bertz CT molecular complexity index is 337. The highest BCUT2D eigenvalue weighted by molar-refractivity contribution is 6.17. The van der Waals surface area contributed by atoms with E-state index in [-0.39, 0.29) is 11.5 Å². The van der Waals surface area contributed by atoms with E-state index < -0.39 is 11.9 Å². The maximum absolute atomic E-state index is 11.7. The quantitative estimate of drug-likeness (QED) is 0.298. The lowest BCUT2D eigenvalue weighted by Gasteiger charge is -2.12. The van der Waals surface area contributed by atoms with Gasteiger partial charge < -0.3 is 14.4 Å². The predicted molar refractivity (Wildman–Crippen MR) is 57.9 cm³/mol. The first-order valence-corrected chi connectivity index (χ1v) is 5.27. The van der Waals surface area contributed by atoms with Gasteiger partial charge in [0.05, 0.1) is 14.2 Å². The third-order valence-corrected chi connectivity index (χ3v) is 2.50. The summed E-state index contributed by atoms with van der Waals surface area (Å²) in [5, 5.41) is 0. The summed E-state index contributed by atoms with van der Waals surface area (Å²) in [4.78, 5) is 35.9. The molecule has 0 saturated carbocycles. The lowest BCUT2D eigenvalue weighted by molar-refractivity contribution is -0.144. The zero-order valence-electron chi connectivity index (χ0n) is 9.89. The van der Waals surface area contributed by atoms with Crippen LogP contribution in [0.1, 0.15) is 12.8 Å². The Morgan fingerprint density at radius 2 is 1.47 bits per heavy atom. The minimum absolute atomic E-state index is 0.367. The smallest absolute Gasteiger partial charge is 0.345 e. The largest absolute Gasteiger partial charge is 0.465 e. The number of amides is 1. The van der Waals surface area contributed by atoms with E-state index in [1.165, 1.54) is 0 Å². The second kappa shape index (κ2) is 6.03. The van der Waals surface area contributed by atoms with Gasteiger partial charge in [-0.2, -0.15) is 0 Å². The number of rotatable bonds is 3. The van der Waals surface area contributed by atoms with Crippen LogP contribution in [-0.4, -0.2) is 50.1 Å². The average molecular weight is 241 g/mol. The fourth-order valence-electron chi connectivity index (χ4n) is 1.57. The molecule has 0 aromatic heterocycles. The van der Waals surface area contributed by atoms with Crippen molar-refractivity contribution in [3.8, 4) is 0 Å². The van der Waals surface area contributed by atoms with Crippen LogP contribution >= 0.6 is 0 Å². The SMILES string of the molecule is COC(=O)C(=CC(=O)N1CCCC1)C(=O)OC. The number of esters is 2. The molecule has 0 radical (unpaired) electrons. The van der Waals surface area contributed by atoms with Crippen molar-refractivity contribution in [2.75, 3.05) is 27.3 Å². The Balaban J connectivity index is 2.84. The van der Waals surface area contributed by atoms with Gasteiger partial charge in [-0.25, -0.2) is 9.59 Å². The minimum Gasteiger partial charge on any atom is -0.465 e. The molecule has 1 aliphatic rings. The van der Waals surface area contributed by atoms with E-state index in [0.717, 1.165) is 33.1 Å². The zero-order chi connectivity index (χ0) is 12.8. The lowest BCUT2D eigenvalue weighted by Crippen LogP contribution is -2.28. The van der Waals surface area contributed by atoms with Crippen LogP contribution in [0.2, 0.25) is 0 Å². The summed E-state index contributed by atoms with van der Waals surface area (Å²) in [5.41, 5.74) is -0.383. The van der Waals surface area contributed by atoms with Crippen LogP contribution in [0.4, 0.5) is 0 Å². The predicted octanol–water partition coefficient (Wildman–Crippen LogP) is -0.119. The van der Waals surface area contributed by atoms with Crippen LogP contribution in [-0.2, 0) is 23.9 Å². The van der Waals surface area contributed by atoms with Gasteiger partial charge in [0, 0.05) is 19.2 Å². The molecule has 0 atom stereocenters. The second-order valence-corrected chi connectivity index (χ2v) is 3.57. The summed E-state index contributed by atoms with van der Waals surface area (Å²) in [6.45, 7) is 1.29. The van der Waals surface area contributed by atoms with Gasteiger partial charge in [0.1, 0.15) is 5.57 Å². The molecule has 0 N–H and O–H groups in total. The highest BCUT2D eigenvalue weighted by atomic mass is 16.5. The van der Waals surface area contributed by atoms with E-state index >= 15 is 0 Å². The Hall–Kier alpha value is -1.85. The van der Waals surface area contributed by atoms with E-state index in [1.807, 2.05) is 0 Å². The van der Waals surface area contributed by atoms with Gasteiger partial charge in [0.25, 0.3) is 0 Å². The number of methoxy groups -OCH3 is 2. The van der Waals surface area contributed by atoms with Crippen molar-refractivity contribution in [2.24, 2.45) is 0 Å². The van der Waals surface area contributed by atoms with Crippen molar-refractivity contribution in [3.63, 3.8) is 0 Å². The van der Waals surface area contributed by atoms with Gasteiger partial charge in [0.15, 0.2) is 0 Å². The molecule has 0 aromatic rings. The van der Waals surface area contributed by atoms with E-state index in [9.17, 15) is 14.4 Å². The van der Waals surface area contributed by atoms with E-state index in [4.69, 9.17) is 0 Å². The Morgan fingerprint density at radius 1 is 1.00 bits per heavy atom. The van der Waals surface area contributed by atoms with Crippen LogP contribution in [0, 0.1) is 0 Å². The molecule has 0 aliphatic carbocycles. The molecule has 17 heavy (non-hydrogen) atoms. The van der Waals surface area contributed by atoms with Crippen LogP contribution in [0.3, 0.4) is 0 Å². The maximum Gasteiger partial charge on any atom is 0.345 e. The van der Waals surface area contributed by atoms with Crippen molar-refractivity contribution in [3.05, 3.63) is 11.6 Å². The molecule has 0 aromatic carbocycles. The number of carbonyl (C=O) groups excluding carboxylic acids is 3. The number of hydrogen-bond acceptors (Lipinski definition) is 5. The molecule has 1 aliphatic heterocycles. The highest BCUT2D eigenvalue weighted by Gasteiger charge is 2.24. The van der Waals surface area contributed by atoms with Gasteiger partial charge in [-0.3, -0.25) is 4.79 Å². The topological polar surface area (TPSA) is 72.9 Å².